The van der Waals surface area contributed by atoms with Crippen molar-refractivity contribution in [1.82, 2.24) is 4.90 Å². The fraction of sp³-hybridized carbons (Fsp3) is 0.533. The lowest BCUT2D eigenvalue weighted by atomic mass is 9.96. The second-order valence-corrected chi connectivity index (χ2v) is 5.42. The van der Waals surface area contributed by atoms with E-state index in [1.54, 1.807) is 11.8 Å². The molecule has 2 rings (SSSR count). The van der Waals surface area contributed by atoms with Gasteiger partial charge in [-0.15, -0.1) is 0 Å². The van der Waals surface area contributed by atoms with E-state index in [1.807, 2.05) is 0 Å². The van der Waals surface area contributed by atoms with Gasteiger partial charge < -0.3 is 10.0 Å². The second kappa shape index (κ2) is 5.11. The lowest BCUT2D eigenvalue weighted by Crippen LogP contribution is -2.61. The van der Waals surface area contributed by atoms with E-state index in [-0.39, 0.29) is 5.91 Å². The minimum absolute atomic E-state index is 0.140. The van der Waals surface area contributed by atoms with Crippen LogP contribution in [0.2, 0.25) is 0 Å². The van der Waals surface area contributed by atoms with Crippen LogP contribution in [0.3, 0.4) is 0 Å². The largest absolute Gasteiger partial charge is 0.386 e. The van der Waals surface area contributed by atoms with Crippen molar-refractivity contribution in [3.8, 4) is 0 Å². The van der Waals surface area contributed by atoms with Gasteiger partial charge in [-0.1, -0.05) is 31.2 Å². The fourth-order valence-corrected chi connectivity index (χ4v) is 2.30. The van der Waals surface area contributed by atoms with Gasteiger partial charge in [0.05, 0.1) is 18.7 Å². The number of aryl methyl sites for hydroxylation is 2. The predicted octanol–water partition coefficient (Wildman–Crippen LogP) is 1.77. The first-order valence-electron chi connectivity index (χ1n) is 6.58. The highest BCUT2D eigenvalue weighted by Gasteiger charge is 2.38. The van der Waals surface area contributed by atoms with E-state index >= 15 is 0 Å². The Morgan fingerprint density at radius 3 is 2.33 bits per heavy atom. The molecule has 1 N–H and O–H groups in total. The minimum atomic E-state index is -0.668. The molecule has 1 amide bonds. The summed E-state index contributed by atoms with van der Waals surface area (Å²) in [5, 5.41) is 9.58. The van der Waals surface area contributed by atoms with Crippen LogP contribution in [0.5, 0.6) is 0 Å². The monoisotopic (exact) mass is 247 g/mol. The number of hydrogen-bond donors (Lipinski definition) is 1. The van der Waals surface area contributed by atoms with Gasteiger partial charge in [-0.25, -0.2) is 0 Å². The smallest absolute Gasteiger partial charge is 0.223 e. The molecule has 0 aliphatic carbocycles. The Balaban J connectivity index is 1.79. The van der Waals surface area contributed by atoms with Gasteiger partial charge in [-0.3, -0.25) is 4.79 Å². The van der Waals surface area contributed by atoms with Crippen molar-refractivity contribution in [2.24, 2.45) is 0 Å². The first-order chi connectivity index (χ1) is 8.50. The van der Waals surface area contributed by atoms with Crippen molar-refractivity contribution in [3.05, 3.63) is 35.4 Å². The Hall–Kier alpha value is -1.35. The Bertz CT molecular complexity index is 415. The standard InChI is InChI=1S/C15H21NO2/c1-3-12-4-6-13(7-5-12)8-9-14(17)16-10-15(2,18)11-16/h4-7,18H,3,8-11H2,1-2H3. The molecule has 0 saturated carbocycles. The van der Waals surface area contributed by atoms with Gasteiger partial charge in [0.15, 0.2) is 0 Å². The number of nitrogens with zero attached hydrogens (tertiary/aromatic N) is 1. The second-order valence-electron chi connectivity index (χ2n) is 5.42. The van der Waals surface area contributed by atoms with Crippen LogP contribution in [0.1, 0.15) is 31.4 Å². The molecule has 1 saturated heterocycles. The van der Waals surface area contributed by atoms with Gasteiger partial charge in [0.1, 0.15) is 0 Å². The summed E-state index contributed by atoms with van der Waals surface area (Å²) in [5.41, 5.74) is 1.86. The number of hydrogen-bond acceptors (Lipinski definition) is 2. The number of benzene rings is 1. The van der Waals surface area contributed by atoms with Crippen molar-refractivity contribution in [1.29, 1.82) is 0 Å². The number of likely N-dealkylation sites (tertiary alicyclic amines) is 1. The van der Waals surface area contributed by atoms with Crippen molar-refractivity contribution in [2.45, 2.75) is 38.7 Å². The van der Waals surface area contributed by atoms with E-state index < -0.39 is 5.60 Å². The topological polar surface area (TPSA) is 40.5 Å². The number of carbonyl (C=O) groups excluding carboxylic acids is 1. The Kier molecular flexibility index (Phi) is 3.71. The molecule has 1 aromatic carbocycles. The molecule has 1 fully saturated rings. The third kappa shape index (κ3) is 3.10. The van der Waals surface area contributed by atoms with Crippen LogP contribution in [0.25, 0.3) is 0 Å². The van der Waals surface area contributed by atoms with Crippen LogP contribution in [0, 0.1) is 0 Å². The number of aliphatic hydroxyl groups is 1. The molecule has 1 heterocycles. The van der Waals surface area contributed by atoms with E-state index in [9.17, 15) is 9.90 Å². The van der Waals surface area contributed by atoms with Crippen molar-refractivity contribution in [2.75, 3.05) is 13.1 Å². The van der Waals surface area contributed by atoms with E-state index in [0.29, 0.717) is 19.5 Å². The molecule has 3 nitrogen and oxygen atoms in total. The van der Waals surface area contributed by atoms with E-state index in [0.717, 1.165) is 12.8 Å². The number of amides is 1. The molecule has 0 radical (unpaired) electrons. The van der Waals surface area contributed by atoms with Crippen LogP contribution in [-0.4, -0.2) is 34.6 Å². The van der Waals surface area contributed by atoms with Gasteiger partial charge in [-0.2, -0.15) is 0 Å². The van der Waals surface area contributed by atoms with Gasteiger partial charge in [0.2, 0.25) is 5.91 Å². The molecule has 1 aliphatic heterocycles. The molecule has 1 aliphatic rings. The number of carbonyl (C=O) groups is 1. The quantitative estimate of drug-likeness (QED) is 0.881. The molecule has 0 aromatic heterocycles. The minimum Gasteiger partial charge on any atom is -0.386 e. The zero-order valence-corrected chi connectivity index (χ0v) is 11.1. The normalized spacial score (nSPS) is 17.4. The summed E-state index contributed by atoms with van der Waals surface area (Å²) >= 11 is 0. The van der Waals surface area contributed by atoms with Crippen LogP contribution in [0.15, 0.2) is 24.3 Å². The van der Waals surface area contributed by atoms with E-state index in [1.165, 1.54) is 11.1 Å². The summed E-state index contributed by atoms with van der Waals surface area (Å²) in [5.74, 6) is 0.140. The summed E-state index contributed by atoms with van der Waals surface area (Å²) < 4.78 is 0. The Morgan fingerprint density at radius 2 is 1.83 bits per heavy atom. The number of rotatable bonds is 4. The maximum absolute atomic E-state index is 11.8. The van der Waals surface area contributed by atoms with Gasteiger partial charge in [0.25, 0.3) is 0 Å². The zero-order chi connectivity index (χ0) is 13.2. The van der Waals surface area contributed by atoms with Gasteiger partial charge in [0, 0.05) is 6.42 Å². The van der Waals surface area contributed by atoms with Gasteiger partial charge in [-0.05, 0) is 30.9 Å². The highest BCUT2D eigenvalue weighted by molar-refractivity contribution is 5.77. The van der Waals surface area contributed by atoms with Gasteiger partial charge >= 0.3 is 0 Å². The lowest BCUT2D eigenvalue weighted by Gasteiger charge is -2.44. The van der Waals surface area contributed by atoms with Crippen LogP contribution in [0.4, 0.5) is 0 Å². The lowest BCUT2D eigenvalue weighted by molar-refractivity contribution is -0.152. The molecule has 0 unspecified atom stereocenters. The first-order valence-corrected chi connectivity index (χ1v) is 6.58. The zero-order valence-electron chi connectivity index (χ0n) is 11.1. The Morgan fingerprint density at radius 1 is 1.28 bits per heavy atom. The number of β-amino-alcohol motifs (C(OH)–C–C–N with tert-alkyl or cyclic N) is 1. The summed E-state index contributed by atoms with van der Waals surface area (Å²) in [6.07, 6.45) is 2.35. The molecular weight excluding hydrogens is 226 g/mol. The molecular formula is C15H21NO2. The molecule has 0 bridgehead atoms. The van der Waals surface area contributed by atoms with Crippen molar-refractivity contribution >= 4 is 5.91 Å². The maximum Gasteiger partial charge on any atom is 0.223 e. The van der Waals surface area contributed by atoms with E-state index in [2.05, 4.69) is 31.2 Å². The molecule has 1 aromatic rings. The highest BCUT2D eigenvalue weighted by atomic mass is 16.3. The van der Waals surface area contributed by atoms with Crippen molar-refractivity contribution < 1.29 is 9.90 Å². The predicted molar refractivity (Wildman–Crippen MR) is 71.3 cm³/mol. The van der Waals surface area contributed by atoms with E-state index in [4.69, 9.17) is 0 Å². The SMILES string of the molecule is CCc1ccc(CCC(=O)N2CC(C)(O)C2)cc1. The average molecular weight is 247 g/mol. The first kappa shape index (κ1) is 13.1. The third-order valence-corrected chi connectivity index (χ3v) is 3.47. The Labute approximate surface area is 108 Å². The molecule has 0 atom stereocenters. The molecule has 18 heavy (non-hydrogen) atoms. The average Bonchev–Trinajstić information content (AvgIpc) is 2.33. The third-order valence-electron chi connectivity index (χ3n) is 3.47. The summed E-state index contributed by atoms with van der Waals surface area (Å²) in [7, 11) is 0. The van der Waals surface area contributed by atoms with Crippen LogP contribution >= 0.6 is 0 Å². The molecule has 3 heteroatoms. The highest BCUT2D eigenvalue weighted by Crippen LogP contribution is 2.21. The summed E-state index contributed by atoms with van der Waals surface area (Å²) in [6.45, 7) is 4.84. The maximum atomic E-state index is 11.8. The summed E-state index contributed by atoms with van der Waals surface area (Å²) in [4.78, 5) is 13.5. The van der Waals surface area contributed by atoms with Crippen LogP contribution < -0.4 is 0 Å². The van der Waals surface area contributed by atoms with Crippen molar-refractivity contribution in [3.63, 3.8) is 0 Å². The molecule has 98 valence electrons. The molecule has 0 spiro atoms. The van der Waals surface area contributed by atoms with Crippen LogP contribution in [-0.2, 0) is 17.6 Å². The summed E-state index contributed by atoms with van der Waals surface area (Å²) in [6, 6.07) is 8.43. The fourth-order valence-electron chi connectivity index (χ4n) is 2.30.